The van der Waals surface area contributed by atoms with Crippen molar-refractivity contribution in [3.63, 3.8) is 0 Å². The van der Waals surface area contributed by atoms with E-state index in [9.17, 15) is 32.3 Å². The number of ether oxygens (including phenoxy) is 2. The summed E-state index contributed by atoms with van der Waals surface area (Å²) in [5.41, 5.74) is -0.924. The van der Waals surface area contributed by atoms with Crippen molar-refractivity contribution >= 4 is 29.3 Å². The van der Waals surface area contributed by atoms with Crippen LogP contribution in [-0.4, -0.2) is 78.7 Å². The number of halogens is 3. The predicted molar refractivity (Wildman–Crippen MR) is 175 cm³/mol. The molecule has 0 radical (unpaired) electrons. The average molecular weight is 697 g/mol. The van der Waals surface area contributed by atoms with Crippen molar-refractivity contribution in [2.24, 2.45) is 10.2 Å². The van der Waals surface area contributed by atoms with Crippen molar-refractivity contribution in [1.29, 1.82) is 0 Å². The zero-order valence-electron chi connectivity index (χ0n) is 27.7. The molecule has 5 rings (SSSR count). The van der Waals surface area contributed by atoms with Crippen LogP contribution in [0.4, 0.5) is 18.9 Å². The van der Waals surface area contributed by atoms with E-state index >= 15 is 0 Å². The van der Waals surface area contributed by atoms with E-state index in [1.54, 1.807) is 11.9 Å². The number of hydrogen-bond acceptors (Lipinski definition) is 8. The highest BCUT2D eigenvalue weighted by Gasteiger charge is 2.40. The maximum Gasteiger partial charge on any atom is 0.416 e. The van der Waals surface area contributed by atoms with E-state index in [-0.39, 0.29) is 59.4 Å². The summed E-state index contributed by atoms with van der Waals surface area (Å²) >= 11 is 0. The van der Waals surface area contributed by atoms with E-state index in [2.05, 4.69) is 32.1 Å². The van der Waals surface area contributed by atoms with Gasteiger partial charge in [0.05, 0.1) is 29.7 Å². The Kier molecular flexibility index (Phi) is 11.1. The summed E-state index contributed by atoms with van der Waals surface area (Å²) in [5, 5.41) is 16.3. The third-order valence-electron chi connectivity index (χ3n) is 8.95. The molecule has 0 saturated carbocycles. The Morgan fingerprint density at radius 3 is 2.56 bits per heavy atom. The lowest BCUT2D eigenvalue weighted by Gasteiger charge is -2.42. The van der Waals surface area contributed by atoms with Gasteiger partial charge in [-0.1, -0.05) is 0 Å². The standard InChI is InChI=1S/C35H39F3N6O6/c1-4-5-6-17-39-32(47)26(15-16-34(2)42-43-34)41-30(45)19-24-12-13-27-29(50-24)20-49-28-14-11-23(18-25(28)33(48)44(27)3)40-31(46)21-7-9-22(10-8-21)35(36,37)38/h1,7-11,14,18,24,26-27,29H,5-6,12-13,15-17,19-20H2,2-3H3,(H,39,47)(H,40,46)(H,41,45)/t24-,26-,27+,29+/m0/s1. The summed E-state index contributed by atoms with van der Waals surface area (Å²) in [6.45, 7) is 2.33. The third kappa shape index (κ3) is 9.17. The maximum atomic E-state index is 13.6. The van der Waals surface area contributed by atoms with Gasteiger partial charge in [-0.25, -0.2) is 0 Å². The minimum atomic E-state index is -4.52. The monoisotopic (exact) mass is 696 g/mol. The Bertz CT molecular complexity index is 1670. The molecule has 0 bridgehead atoms. The molecule has 4 amide bonds. The first-order valence-electron chi connectivity index (χ1n) is 16.4. The Morgan fingerprint density at radius 2 is 1.88 bits per heavy atom. The predicted octanol–water partition coefficient (Wildman–Crippen LogP) is 4.71. The number of anilines is 1. The fourth-order valence-corrected chi connectivity index (χ4v) is 5.98. The molecule has 266 valence electrons. The fourth-order valence-electron chi connectivity index (χ4n) is 5.98. The number of rotatable bonds is 12. The molecule has 50 heavy (non-hydrogen) atoms. The molecule has 2 aromatic rings. The molecular weight excluding hydrogens is 657 g/mol. The SMILES string of the molecule is C#CCCCNC(=O)[C@H](CCC1(C)N=N1)NC(=O)C[C@@H]1CC[C@@H]2[C@@H](COc3ccc(NC(=O)c4ccc(C(F)(F)F)cc4)cc3C(=O)N2C)O1. The molecule has 0 aliphatic carbocycles. The second kappa shape index (κ2) is 15.3. The fraction of sp³-hybridized carbons (Fsp3) is 0.486. The van der Waals surface area contributed by atoms with Crippen LogP contribution in [0.1, 0.15) is 78.1 Å². The molecule has 3 heterocycles. The van der Waals surface area contributed by atoms with Gasteiger partial charge in [-0.3, -0.25) is 19.2 Å². The van der Waals surface area contributed by atoms with Gasteiger partial charge in [0.1, 0.15) is 24.5 Å². The van der Waals surface area contributed by atoms with Gasteiger partial charge >= 0.3 is 6.18 Å². The van der Waals surface area contributed by atoms with Crippen LogP contribution in [-0.2, 0) is 20.5 Å². The van der Waals surface area contributed by atoms with Crippen molar-refractivity contribution in [2.75, 3.05) is 25.5 Å². The van der Waals surface area contributed by atoms with Crippen molar-refractivity contribution in [1.82, 2.24) is 15.5 Å². The first-order chi connectivity index (χ1) is 23.8. The molecule has 4 atom stereocenters. The molecule has 1 saturated heterocycles. The van der Waals surface area contributed by atoms with Gasteiger partial charge < -0.3 is 30.3 Å². The van der Waals surface area contributed by atoms with E-state index in [0.29, 0.717) is 45.1 Å². The van der Waals surface area contributed by atoms with Crippen LogP contribution >= 0.6 is 0 Å². The van der Waals surface area contributed by atoms with Crippen molar-refractivity contribution in [3.8, 4) is 18.1 Å². The lowest BCUT2D eigenvalue weighted by atomic mass is 9.94. The number of carbonyl (C=O) groups is 4. The van der Waals surface area contributed by atoms with Gasteiger partial charge in [-0.05, 0) is 81.5 Å². The van der Waals surface area contributed by atoms with E-state index in [1.807, 2.05) is 6.92 Å². The van der Waals surface area contributed by atoms with E-state index in [1.165, 1.54) is 18.2 Å². The average Bonchev–Trinajstić information content (AvgIpc) is 3.83. The quantitative estimate of drug-likeness (QED) is 0.216. The molecule has 0 aromatic heterocycles. The normalized spacial score (nSPS) is 21.2. The zero-order chi connectivity index (χ0) is 36.1. The maximum absolute atomic E-state index is 13.6. The molecule has 12 nitrogen and oxygen atoms in total. The number of benzene rings is 2. The number of terminal acetylenes is 1. The second-order valence-electron chi connectivity index (χ2n) is 12.8. The number of amides is 4. The van der Waals surface area contributed by atoms with Gasteiger partial charge in [-0.15, -0.1) is 12.3 Å². The van der Waals surface area contributed by atoms with E-state index < -0.39 is 41.6 Å². The molecule has 15 heteroatoms. The summed E-state index contributed by atoms with van der Waals surface area (Å²) in [6.07, 6.45) is 2.75. The Labute approximate surface area is 287 Å². The van der Waals surface area contributed by atoms with E-state index in [0.717, 1.165) is 24.3 Å². The van der Waals surface area contributed by atoms with Crippen LogP contribution in [0.2, 0.25) is 0 Å². The van der Waals surface area contributed by atoms with E-state index in [4.69, 9.17) is 15.9 Å². The lowest BCUT2D eigenvalue weighted by Crippen LogP contribution is -2.54. The molecule has 2 aromatic carbocycles. The molecule has 0 unspecified atom stereocenters. The smallest absolute Gasteiger partial charge is 0.416 e. The highest BCUT2D eigenvalue weighted by molar-refractivity contribution is 6.05. The molecule has 1 fully saturated rings. The van der Waals surface area contributed by atoms with Crippen molar-refractivity contribution < 1.29 is 41.8 Å². The van der Waals surface area contributed by atoms with Crippen LogP contribution in [0.25, 0.3) is 0 Å². The van der Waals surface area contributed by atoms with Crippen molar-refractivity contribution in [3.05, 3.63) is 59.2 Å². The largest absolute Gasteiger partial charge is 0.490 e. The number of alkyl halides is 3. The summed E-state index contributed by atoms with van der Waals surface area (Å²) < 4.78 is 51.0. The van der Waals surface area contributed by atoms with Crippen LogP contribution in [0.3, 0.4) is 0 Å². The minimum Gasteiger partial charge on any atom is -0.490 e. The van der Waals surface area contributed by atoms with Crippen LogP contribution in [0.5, 0.6) is 5.75 Å². The van der Waals surface area contributed by atoms with Gasteiger partial charge in [0, 0.05) is 31.3 Å². The third-order valence-corrected chi connectivity index (χ3v) is 8.95. The van der Waals surface area contributed by atoms with Gasteiger partial charge in [-0.2, -0.15) is 23.4 Å². The van der Waals surface area contributed by atoms with Gasteiger partial charge in [0.2, 0.25) is 11.8 Å². The summed E-state index contributed by atoms with van der Waals surface area (Å²) in [7, 11) is 1.64. The lowest BCUT2D eigenvalue weighted by molar-refractivity contribution is -0.137. The molecule has 3 aliphatic rings. The second-order valence-corrected chi connectivity index (χ2v) is 12.8. The molecule has 0 spiro atoms. The Balaban J connectivity index is 1.18. The summed E-state index contributed by atoms with van der Waals surface area (Å²) in [6, 6.07) is 7.17. The van der Waals surface area contributed by atoms with Crippen LogP contribution < -0.4 is 20.7 Å². The van der Waals surface area contributed by atoms with Crippen molar-refractivity contribution in [2.45, 2.75) is 88.0 Å². The number of fused-ring (bicyclic) bond motifs is 2. The number of unbranched alkanes of at least 4 members (excludes halogenated alkanes) is 1. The Morgan fingerprint density at radius 1 is 1.14 bits per heavy atom. The Hall–Kier alpha value is -4.97. The topological polar surface area (TPSA) is 151 Å². The highest BCUT2D eigenvalue weighted by atomic mass is 19.4. The molecule has 3 aliphatic heterocycles. The van der Waals surface area contributed by atoms with Gasteiger partial charge in [0.15, 0.2) is 5.66 Å². The van der Waals surface area contributed by atoms with Crippen LogP contribution in [0.15, 0.2) is 52.7 Å². The number of likely N-dealkylation sites (N-methyl/N-ethyl adjacent to an activating group) is 1. The summed E-state index contributed by atoms with van der Waals surface area (Å²) in [4.78, 5) is 54.0. The first-order valence-corrected chi connectivity index (χ1v) is 16.4. The summed E-state index contributed by atoms with van der Waals surface area (Å²) in [5.74, 6) is 1.12. The van der Waals surface area contributed by atoms with Crippen LogP contribution in [0, 0.1) is 12.3 Å². The number of carbonyl (C=O) groups excluding carboxylic acids is 4. The number of nitrogens with one attached hydrogen (secondary N) is 3. The molecule has 3 N–H and O–H groups in total. The first kappa shape index (κ1) is 36.3. The number of hydrogen-bond donors (Lipinski definition) is 3. The highest BCUT2D eigenvalue weighted by Crippen LogP contribution is 2.34. The molecular formula is C35H39F3N6O6. The number of nitrogens with zero attached hydrogens (tertiary/aromatic N) is 3. The zero-order valence-corrected chi connectivity index (χ0v) is 27.7. The minimum absolute atomic E-state index is 0.00630. The van der Waals surface area contributed by atoms with Gasteiger partial charge in [0.25, 0.3) is 11.8 Å².